The Morgan fingerprint density at radius 1 is 1.43 bits per heavy atom. The molecule has 2 N–H and O–H groups in total. The van der Waals surface area contributed by atoms with Gasteiger partial charge in [-0.3, -0.25) is 0 Å². The van der Waals surface area contributed by atoms with Crippen LogP contribution >= 0.6 is 22.6 Å². The molecule has 74 valence electrons. The number of hydrogen-bond acceptors (Lipinski definition) is 2. The van der Waals surface area contributed by atoms with Crippen LogP contribution in [0.25, 0.3) is 0 Å². The van der Waals surface area contributed by atoms with Crippen molar-refractivity contribution < 1.29 is 9.53 Å². The van der Waals surface area contributed by atoms with Crippen LogP contribution in [-0.4, -0.2) is 12.2 Å². The SMILES string of the molecule is NC(=O)OC1Cc2ccc(I)cc2C1. The smallest absolute Gasteiger partial charge is 0.404 e. The second kappa shape index (κ2) is 3.76. The van der Waals surface area contributed by atoms with Crippen LogP contribution in [0, 0.1) is 3.57 Å². The summed E-state index contributed by atoms with van der Waals surface area (Å²) in [6.07, 6.45) is 0.822. The van der Waals surface area contributed by atoms with Gasteiger partial charge in [-0.05, 0) is 45.9 Å². The van der Waals surface area contributed by atoms with Gasteiger partial charge in [-0.25, -0.2) is 4.79 Å². The molecule has 0 fully saturated rings. The van der Waals surface area contributed by atoms with Gasteiger partial charge in [-0.1, -0.05) is 6.07 Å². The summed E-state index contributed by atoms with van der Waals surface area (Å²) in [7, 11) is 0. The van der Waals surface area contributed by atoms with Crippen LogP contribution in [0.5, 0.6) is 0 Å². The molecule has 1 atom stereocenters. The molecule has 1 aromatic rings. The highest BCUT2D eigenvalue weighted by Gasteiger charge is 2.23. The molecule has 1 amide bonds. The molecule has 4 heteroatoms. The maximum absolute atomic E-state index is 10.6. The summed E-state index contributed by atoms with van der Waals surface area (Å²) in [5, 5.41) is 0. The number of ether oxygens (including phenoxy) is 1. The molecular formula is C10H10INO2. The van der Waals surface area contributed by atoms with E-state index < -0.39 is 6.09 Å². The van der Waals surface area contributed by atoms with E-state index in [2.05, 4.69) is 40.8 Å². The minimum absolute atomic E-state index is 0.0688. The Hall–Kier alpha value is -0.780. The summed E-state index contributed by atoms with van der Waals surface area (Å²) in [4.78, 5) is 10.6. The second-order valence-corrected chi connectivity index (χ2v) is 4.63. The van der Waals surface area contributed by atoms with E-state index in [9.17, 15) is 4.79 Å². The molecule has 0 saturated carbocycles. The summed E-state index contributed by atoms with van der Waals surface area (Å²) >= 11 is 2.27. The number of halogens is 1. The van der Waals surface area contributed by atoms with Crippen LogP contribution in [0.4, 0.5) is 4.79 Å². The second-order valence-electron chi connectivity index (χ2n) is 3.38. The minimum Gasteiger partial charge on any atom is -0.446 e. The van der Waals surface area contributed by atoms with Crippen molar-refractivity contribution in [2.24, 2.45) is 5.73 Å². The summed E-state index contributed by atoms with van der Waals surface area (Å²) in [6.45, 7) is 0. The number of carbonyl (C=O) groups excluding carboxylic acids is 1. The topological polar surface area (TPSA) is 52.3 Å². The Bertz CT molecular complexity index is 378. The van der Waals surface area contributed by atoms with E-state index in [4.69, 9.17) is 10.5 Å². The minimum atomic E-state index is -0.683. The zero-order chi connectivity index (χ0) is 10.1. The third-order valence-electron chi connectivity index (χ3n) is 2.35. The maximum atomic E-state index is 10.6. The van der Waals surface area contributed by atoms with Crippen LogP contribution in [-0.2, 0) is 17.6 Å². The molecule has 2 rings (SSSR count). The van der Waals surface area contributed by atoms with Crippen molar-refractivity contribution in [2.75, 3.05) is 0 Å². The van der Waals surface area contributed by atoms with Crippen molar-refractivity contribution >= 4 is 28.7 Å². The molecule has 1 aliphatic carbocycles. The predicted molar refractivity (Wildman–Crippen MR) is 61.0 cm³/mol. The fourth-order valence-electron chi connectivity index (χ4n) is 1.79. The number of nitrogens with two attached hydrogens (primary N) is 1. The van der Waals surface area contributed by atoms with E-state index in [1.54, 1.807) is 0 Å². The first-order valence-electron chi connectivity index (χ1n) is 4.38. The average molecular weight is 303 g/mol. The molecule has 1 aromatic carbocycles. The fourth-order valence-corrected chi connectivity index (χ4v) is 2.35. The number of amides is 1. The zero-order valence-electron chi connectivity index (χ0n) is 7.50. The summed E-state index contributed by atoms with van der Waals surface area (Å²) in [5.74, 6) is 0. The Morgan fingerprint density at radius 3 is 2.86 bits per heavy atom. The van der Waals surface area contributed by atoms with E-state index in [0.29, 0.717) is 0 Å². The van der Waals surface area contributed by atoms with Crippen molar-refractivity contribution in [2.45, 2.75) is 18.9 Å². The number of rotatable bonds is 1. The van der Waals surface area contributed by atoms with Gasteiger partial charge in [0.25, 0.3) is 0 Å². The zero-order valence-corrected chi connectivity index (χ0v) is 9.65. The Kier molecular flexibility index (Phi) is 2.62. The molecule has 0 heterocycles. The molecule has 0 aliphatic heterocycles. The molecule has 1 aliphatic rings. The third-order valence-corrected chi connectivity index (χ3v) is 3.02. The van der Waals surface area contributed by atoms with Crippen molar-refractivity contribution in [3.05, 3.63) is 32.9 Å². The predicted octanol–water partition coefficient (Wildman–Crippen LogP) is 1.85. The van der Waals surface area contributed by atoms with Crippen LogP contribution < -0.4 is 5.73 Å². The van der Waals surface area contributed by atoms with Crippen LogP contribution in [0.3, 0.4) is 0 Å². The number of benzene rings is 1. The summed E-state index contributed by atoms with van der Waals surface area (Å²) in [5.41, 5.74) is 7.50. The lowest BCUT2D eigenvalue weighted by Crippen LogP contribution is -2.22. The standard InChI is InChI=1S/C10H10INO2/c11-8-2-1-6-4-9(14-10(12)13)5-7(6)3-8/h1-3,9H,4-5H2,(H2,12,13). The van der Waals surface area contributed by atoms with Gasteiger partial charge in [-0.2, -0.15) is 0 Å². The van der Waals surface area contributed by atoms with Gasteiger partial charge in [0, 0.05) is 16.4 Å². The molecule has 0 saturated heterocycles. The van der Waals surface area contributed by atoms with Gasteiger partial charge >= 0.3 is 6.09 Å². The van der Waals surface area contributed by atoms with Gasteiger partial charge in [0.1, 0.15) is 6.10 Å². The van der Waals surface area contributed by atoms with Crippen LogP contribution in [0.2, 0.25) is 0 Å². The molecule has 1 unspecified atom stereocenters. The normalized spacial score (nSPS) is 19.1. The first kappa shape index (κ1) is 9.76. The number of primary amides is 1. The highest BCUT2D eigenvalue weighted by molar-refractivity contribution is 14.1. The van der Waals surface area contributed by atoms with Gasteiger partial charge in [-0.15, -0.1) is 0 Å². The largest absolute Gasteiger partial charge is 0.446 e. The molecule has 0 bridgehead atoms. The van der Waals surface area contributed by atoms with E-state index in [1.807, 2.05) is 0 Å². The van der Waals surface area contributed by atoms with Gasteiger partial charge in [0.15, 0.2) is 0 Å². The molecular weight excluding hydrogens is 293 g/mol. The number of fused-ring (bicyclic) bond motifs is 1. The van der Waals surface area contributed by atoms with Crippen molar-refractivity contribution in [3.8, 4) is 0 Å². The summed E-state index contributed by atoms with van der Waals surface area (Å²) in [6, 6.07) is 6.27. The van der Waals surface area contributed by atoms with E-state index in [0.717, 1.165) is 12.8 Å². The first-order chi connectivity index (χ1) is 6.65. The first-order valence-corrected chi connectivity index (χ1v) is 5.46. The van der Waals surface area contributed by atoms with E-state index in [1.165, 1.54) is 14.7 Å². The van der Waals surface area contributed by atoms with Gasteiger partial charge in [0.05, 0.1) is 0 Å². The Morgan fingerprint density at radius 2 is 2.14 bits per heavy atom. The van der Waals surface area contributed by atoms with E-state index in [-0.39, 0.29) is 6.10 Å². The van der Waals surface area contributed by atoms with Crippen molar-refractivity contribution in [1.29, 1.82) is 0 Å². The molecule has 0 spiro atoms. The quantitative estimate of drug-likeness (QED) is 0.805. The third kappa shape index (κ3) is 2.00. The summed E-state index contributed by atoms with van der Waals surface area (Å²) < 4.78 is 6.18. The molecule has 3 nitrogen and oxygen atoms in total. The van der Waals surface area contributed by atoms with Crippen LogP contribution in [0.15, 0.2) is 18.2 Å². The van der Waals surface area contributed by atoms with Gasteiger partial charge in [0.2, 0.25) is 0 Å². The molecule has 0 radical (unpaired) electrons. The average Bonchev–Trinajstić information content (AvgIpc) is 2.44. The Balaban J connectivity index is 2.14. The van der Waals surface area contributed by atoms with Gasteiger partial charge < -0.3 is 10.5 Å². The number of carbonyl (C=O) groups is 1. The molecule has 0 aromatic heterocycles. The highest BCUT2D eigenvalue weighted by Crippen LogP contribution is 2.25. The lowest BCUT2D eigenvalue weighted by molar-refractivity contribution is 0.112. The Labute approximate surface area is 95.8 Å². The van der Waals surface area contributed by atoms with Crippen molar-refractivity contribution in [3.63, 3.8) is 0 Å². The number of hydrogen-bond donors (Lipinski definition) is 1. The lowest BCUT2D eigenvalue weighted by atomic mass is 10.1. The van der Waals surface area contributed by atoms with Crippen molar-refractivity contribution in [1.82, 2.24) is 0 Å². The monoisotopic (exact) mass is 303 g/mol. The molecule has 14 heavy (non-hydrogen) atoms. The lowest BCUT2D eigenvalue weighted by Gasteiger charge is -2.07. The highest BCUT2D eigenvalue weighted by atomic mass is 127. The van der Waals surface area contributed by atoms with Crippen LogP contribution in [0.1, 0.15) is 11.1 Å². The maximum Gasteiger partial charge on any atom is 0.404 e. The fraction of sp³-hybridized carbons (Fsp3) is 0.300. The van der Waals surface area contributed by atoms with E-state index >= 15 is 0 Å².